The van der Waals surface area contributed by atoms with Crippen LogP contribution in [0.15, 0.2) is 48.8 Å². The van der Waals surface area contributed by atoms with Crippen molar-refractivity contribution in [1.82, 2.24) is 9.88 Å². The SMILES string of the molecule is O=C(Nc1cccnc1)c1ccc(CN2C(=O)CCC2=O)cc1. The molecule has 6 heteroatoms. The molecule has 3 rings (SSSR count). The maximum absolute atomic E-state index is 12.1. The standard InChI is InChI=1S/C17H15N3O3/c21-15-7-8-16(22)20(15)11-12-3-5-13(6-4-12)17(23)19-14-2-1-9-18-10-14/h1-6,9-10H,7-8,11H2,(H,19,23). The van der Waals surface area contributed by atoms with Crippen LogP contribution in [0.3, 0.4) is 0 Å². The summed E-state index contributed by atoms with van der Waals surface area (Å²) in [4.78, 5) is 40.5. The fourth-order valence-corrected chi connectivity index (χ4v) is 2.38. The van der Waals surface area contributed by atoms with Gasteiger partial charge in [-0.25, -0.2) is 0 Å². The van der Waals surface area contributed by atoms with E-state index in [1.807, 2.05) is 0 Å². The Morgan fingerprint density at radius 1 is 1.09 bits per heavy atom. The lowest BCUT2D eigenvalue weighted by atomic mass is 10.1. The molecular weight excluding hydrogens is 294 g/mol. The number of nitrogens with zero attached hydrogens (tertiary/aromatic N) is 2. The molecular formula is C17H15N3O3. The molecule has 1 aliphatic rings. The van der Waals surface area contributed by atoms with Gasteiger partial charge in [-0.05, 0) is 29.8 Å². The summed E-state index contributed by atoms with van der Waals surface area (Å²) in [5, 5.41) is 2.74. The van der Waals surface area contributed by atoms with Crippen molar-refractivity contribution in [2.45, 2.75) is 19.4 Å². The predicted octanol–water partition coefficient (Wildman–Crippen LogP) is 1.98. The normalized spacial score (nSPS) is 14.2. The van der Waals surface area contributed by atoms with Crippen molar-refractivity contribution >= 4 is 23.4 Å². The number of imide groups is 1. The van der Waals surface area contributed by atoms with Crippen LogP contribution < -0.4 is 5.32 Å². The van der Waals surface area contributed by atoms with Crippen molar-refractivity contribution in [2.24, 2.45) is 0 Å². The van der Waals surface area contributed by atoms with Crippen molar-refractivity contribution in [3.8, 4) is 0 Å². The second-order valence-corrected chi connectivity index (χ2v) is 5.27. The van der Waals surface area contributed by atoms with E-state index in [9.17, 15) is 14.4 Å². The van der Waals surface area contributed by atoms with Crippen molar-refractivity contribution in [2.75, 3.05) is 5.32 Å². The number of anilines is 1. The zero-order valence-electron chi connectivity index (χ0n) is 12.4. The Kier molecular flexibility index (Phi) is 4.14. The second-order valence-electron chi connectivity index (χ2n) is 5.27. The Morgan fingerprint density at radius 2 is 1.78 bits per heavy atom. The van der Waals surface area contributed by atoms with Gasteiger partial charge < -0.3 is 5.32 Å². The number of amides is 3. The zero-order valence-corrected chi connectivity index (χ0v) is 12.4. The molecule has 2 aromatic rings. The number of aromatic nitrogens is 1. The highest BCUT2D eigenvalue weighted by Crippen LogP contribution is 2.16. The molecule has 1 aromatic heterocycles. The van der Waals surface area contributed by atoms with Crippen molar-refractivity contribution in [1.29, 1.82) is 0 Å². The maximum atomic E-state index is 12.1. The fourth-order valence-electron chi connectivity index (χ4n) is 2.38. The van der Waals surface area contributed by atoms with Crippen molar-refractivity contribution in [3.05, 3.63) is 59.9 Å². The van der Waals surface area contributed by atoms with Gasteiger partial charge in [0.2, 0.25) is 11.8 Å². The third-order valence-corrected chi connectivity index (χ3v) is 3.63. The Bertz CT molecular complexity index is 725. The van der Waals surface area contributed by atoms with E-state index in [1.165, 1.54) is 4.90 Å². The lowest BCUT2D eigenvalue weighted by Crippen LogP contribution is -2.28. The molecule has 1 N–H and O–H groups in total. The molecule has 23 heavy (non-hydrogen) atoms. The first-order chi connectivity index (χ1) is 11.1. The molecule has 0 radical (unpaired) electrons. The largest absolute Gasteiger partial charge is 0.321 e. The minimum absolute atomic E-state index is 0.145. The van der Waals surface area contributed by atoms with Crippen LogP contribution in [-0.2, 0) is 16.1 Å². The van der Waals surface area contributed by atoms with E-state index in [1.54, 1.807) is 48.8 Å². The Morgan fingerprint density at radius 3 is 2.39 bits per heavy atom. The maximum Gasteiger partial charge on any atom is 0.255 e. The van der Waals surface area contributed by atoms with Gasteiger partial charge in [0, 0.05) is 24.6 Å². The summed E-state index contributed by atoms with van der Waals surface area (Å²) >= 11 is 0. The summed E-state index contributed by atoms with van der Waals surface area (Å²) in [5.74, 6) is -0.528. The topological polar surface area (TPSA) is 79.4 Å². The van der Waals surface area contributed by atoms with Crippen LogP contribution in [0.4, 0.5) is 5.69 Å². The van der Waals surface area contributed by atoms with Crippen LogP contribution in [0.1, 0.15) is 28.8 Å². The summed E-state index contributed by atoms with van der Waals surface area (Å²) in [7, 11) is 0. The van der Waals surface area contributed by atoms with Gasteiger partial charge >= 0.3 is 0 Å². The third kappa shape index (κ3) is 3.42. The van der Waals surface area contributed by atoms with Gasteiger partial charge in [0.25, 0.3) is 5.91 Å². The van der Waals surface area contributed by atoms with Gasteiger partial charge in [-0.3, -0.25) is 24.3 Å². The molecule has 6 nitrogen and oxygen atoms in total. The van der Waals surface area contributed by atoms with Gasteiger partial charge in [-0.15, -0.1) is 0 Å². The summed E-state index contributed by atoms with van der Waals surface area (Å²) < 4.78 is 0. The fraction of sp³-hybridized carbons (Fsp3) is 0.176. The number of carbonyl (C=O) groups excluding carboxylic acids is 3. The lowest BCUT2D eigenvalue weighted by molar-refractivity contribution is -0.139. The number of likely N-dealkylation sites (tertiary alicyclic amines) is 1. The number of hydrogen-bond donors (Lipinski definition) is 1. The molecule has 1 saturated heterocycles. The van der Waals surface area contributed by atoms with Crippen LogP contribution in [0.2, 0.25) is 0 Å². The van der Waals surface area contributed by atoms with E-state index in [0.717, 1.165) is 5.56 Å². The van der Waals surface area contributed by atoms with E-state index in [4.69, 9.17) is 0 Å². The van der Waals surface area contributed by atoms with Crippen LogP contribution in [0.25, 0.3) is 0 Å². The molecule has 1 aliphatic heterocycles. The van der Waals surface area contributed by atoms with Gasteiger partial charge in [0.1, 0.15) is 0 Å². The summed E-state index contributed by atoms with van der Waals surface area (Å²) in [6, 6.07) is 10.3. The van der Waals surface area contributed by atoms with Gasteiger partial charge in [0.05, 0.1) is 18.4 Å². The lowest BCUT2D eigenvalue weighted by Gasteiger charge is -2.14. The van der Waals surface area contributed by atoms with E-state index in [-0.39, 0.29) is 37.1 Å². The van der Waals surface area contributed by atoms with E-state index < -0.39 is 0 Å². The van der Waals surface area contributed by atoms with Gasteiger partial charge in [0.15, 0.2) is 0 Å². The molecule has 116 valence electrons. The first-order valence-electron chi connectivity index (χ1n) is 7.27. The van der Waals surface area contributed by atoms with E-state index >= 15 is 0 Å². The molecule has 0 atom stereocenters. The summed E-state index contributed by atoms with van der Waals surface area (Å²) in [6.45, 7) is 0.252. The molecule has 0 spiro atoms. The van der Waals surface area contributed by atoms with E-state index in [2.05, 4.69) is 10.3 Å². The minimum atomic E-state index is -0.238. The zero-order chi connectivity index (χ0) is 16.2. The number of hydrogen-bond acceptors (Lipinski definition) is 4. The van der Waals surface area contributed by atoms with Crippen molar-refractivity contribution < 1.29 is 14.4 Å². The smallest absolute Gasteiger partial charge is 0.255 e. The predicted molar refractivity (Wildman–Crippen MR) is 83.4 cm³/mol. The molecule has 1 aromatic carbocycles. The number of nitrogens with one attached hydrogen (secondary N) is 1. The minimum Gasteiger partial charge on any atom is -0.321 e. The Labute approximate surface area is 133 Å². The number of rotatable bonds is 4. The quantitative estimate of drug-likeness (QED) is 0.876. The Balaban J connectivity index is 1.66. The Hall–Kier alpha value is -3.02. The van der Waals surface area contributed by atoms with E-state index in [0.29, 0.717) is 11.3 Å². The van der Waals surface area contributed by atoms with Crippen LogP contribution in [0.5, 0.6) is 0 Å². The monoisotopic (exact) mass is 309 g/mol. The summed E-state index contributed by atoms with van der Waals surface area (Å²) in [5.41, 5.74) is 1.93. The number of benzene rings is 1. The highest BCUT2D eigenvalue weighted by molar-refractivity contribution is 6.04. The first kappa shape index (κ1) is 14.9. The number of carbonyl (C=O) groups is 3. The molecule has 0 bridgehead atoms. The second kappa shape index (κ2) is 6.39. The summed E-state index contributed by atoms with van der Waals surface area (Å²) in [6.07, 6.45) is 3.76. The molecule has 0 unspecified atom stereocenters. The average molecular weight is 309 g/mol. The molecule has 3 amide bonds. The third-order valence-electron chi connectivity index (χ3n) is 3.63. The highest BCUT2D eigenvalue weighted by atomic mass is 16.2. The first-order valence-corrected chi connectivity index (χ1v) is 7.27. The molecule has 1 fully saturated rings. The molecule has 0 saturated carbocycles. The highest BCUT2D eigenvalue weighted by Gasteiger charge is 2.28. The average Bonchev–Trinajstić information content (AvgIpc) is 2.88. The van der Waals surface area contributed by atoms with Gasteiger partial charge in [-0.1, -0.05) is 12.1 Å². The molecule has 2 heterocycles. The van der Waals surface area contributed by atoms with Crippen LogP contribution in [0, 0.1) is 0 Å². The van der Waals surface area contributed by atoms with Crippen LogP contribution >= 0.6 is 0 Å². The van der Waals surface area contributed by atoms with Crippen LogP contribution in [-0.4, -0.2) is 27.6 Å². The molecule has 0 aliphatic carbocycles. The van der Waals surface area contributed by atoms with Crippen molar-refractivity contribution in [3.63, 3.8) is 0 Å². The number of pyridine rings is 1. The van der Waals surface area contributed by atoms with Gasteiger partial charge in [-0.2, -0.15) is 0 Å².